The van der Waals surface area contributed by atoms with E-state index in [0.29, 0.717) is 0 Å². The van der Waals surface area contributed by atoms with E-state index in [9.17, 15) is 0 Å². The highest BCUT2D eigenvalue weighted by atomic mass is 32.1. The molecule has 0 spiro atoms. The average molecular weight is 269 g/mol. The molecule has 0 saturated heterocycles. The monoisotopic (exact) mass is 269 g/mol. The molecule has 0 amide bonds. The lowest BCUT2D eigenvalue weighted by Gasteiger charge is -2.02. The van der Waals surface area contributed by atoms with E-state index in [1.54, 1.807) is 11.3 Å². The molecule has 0 radical (unpaired) electrons. The van der Waals surface area contributed by atoms with Gasteiger partial charge in [-0.05, 0) is 43.2 Å². The highest BCUT2D eigenvalue weighted by Gasteiger charge is 2.03. The van der Waals surface area contributed by atoms with Gasteiger partial charge in [-0.2, -0.15) is 0 Å². The zero-order chi connectivity index (χ0) is 13.2. The molecule has 1 N–H and O–H groups in total. The summed E-state index contributed by atoms with van der Waals surface area (Å²) in [5.41, 5.74) is 4.53. The van der Waals surface area contributed by atoms with Crippen LogP contribution in [0, 0.1) is 13.8 Å². The molecule has 0 aliphatic rings. The fourth-order valence-corrected chi connectivity index (χ4v) is 2.85. The Hall–Kier alpha value is -1.94. The number of hydrogen-bond acceptors (Lipinski definition) is 4. The number of hydrogen-bond donors (Lipinski definition) is 1. The molecule has 0 aliphatic heterocycles. The average Bonchev–Trinajstić information content (AvgIpc) is 2.80. The molecule has 0 saturated carbocycles. The van der Waals surface area contributed by atoms with Gasteiger partial charge in [-0.3, -0.25) is 4.98 Å². The fourth-order valence-electron chi connectivity index (χ4n) is 1.89. The van der Waals surface area contributed by atoms with Crippen molar-refractivity contribution in [1.82, 2.24) is 9.97 Å². The largest absolute Gasteiger partial charge is 0.357 e. The number of fused-ring (bicyclic) bond motifs is 1. The predicted octanol–water partition coefficient (Wildman–Crippen LogP) is 3.92. The molecule has 2 heterocycles. The van der Waals surface area contributed by atoms with E-state index < -0.39 is 0 Å². The topological polar surface area (TPSA) is 37.8 Å². The second-order valence-electron chi connectivity index (χ2n) is 4.65. The molecule has 0 unspecified atom stereocenters. The minimum Gasteiger partial charge on any atom is -0.357 e. The van der Waals surface area contributed by atoms with Crippen LogP contribution < -0.4 is 5.32 Å². The quantitative estimate of drug-likeness (QED) is 0.783. The molecular formula is C15H15N3S. The van der Waals surface area contributed by atoms with Gasteiger partial charge in [0.05, 0.1) is 10.2 Å². The maximum absolute atomic E-state index is 4.57. The van der Waals surface area contributed by atoms with E-state index in [1.165, 1.54) is 15.8 Å². The Morgan fingerprint density at radius 1 is 1.16 bits per heavy atom. The summed E-state index contributed by atoms with van der Waals surface area (Å²) >= 11 is 1.69. The molecule has 0 fully saturated rings. The fraction of sp³-hybridized carbons (Fsp3) is 0.200. The van der Waals surface area contributed by atoms with Crippen molar-refractivity contribution in [2.75, 3.05) is 5.32 Å². The summed E-state index contributed by atoms with van der Waals surface area (Å²) < 4.78 is 1.23. The van der Waals surface area contributed by atoms with E-state index in [1.807, 2.05) is 19.2 Å². The van der Waals surface area contributed by atoms with Crippen LogP contribution in [0.3, 0.4) is 0 Å². The molecule has 4 heteroatoms. The zero-order valence-corrected chi connectivity index (χ0v) is 11.8. The number of benzene rings is 1. The van der Waals surface area contributed by atoms with Gasteiger partial charge in [0.25, 0.3) is 0 Å². The number of nitrogens with zero attached hydrogens (tertiary/aromatic N) is 2. The summed E-state index contributed by atoms with van der Waals surface area (Å²) in [6, 6.07) is 10.5. The van der Waals surface area contributed by atoms with Crippen molar-refractivity contribution < 1.29 is 0 Å². The van der Waals surface area contributed by atoms with Gasteiger partial charge in [0.2, 0.25) is 0 Å². The second-order valence-corrected chi connectivity index (χ2v) is 5.68. The van der Waals surface area contributed by atoms with E-state index in [4.69, 9.17) is 0 Å². The van der Waals surface area contributed by atoms with Gasteiger partial charge >= 0.3 is 0 Å². The predicted molar refractivity (Wildman–Crippen MR) is 80.7 cm³/mol. The number of nitrogens with one attached hydrogen (secondary N) is 1. The smallest absolute Gasteiger partial charge is 0.184 e. The van der Waals surface area contributed by atoms with Crippen molar-refractivity contribution >= 4 is 26.7 Å². The minimum absolute atomic E-state index is 0.756. The summed E-state index contributed by atoms with van der Waals surface area (Å²) in [5.74, 6) is 0. The summed E-state index contributed by atoms with van der Waals surface area (Å²) in [4.78, 5) is 8.86. The molecule has 3 nitrogen and oxygen atoms in total. The first-order valence-electron chi connectivity index (χ1n) is 6.23. The molecule has 96 valence electrons. The van der Waals surface area contributed by atoms with Gasteiger partial charge < -0.3 is 5.32 Å². The highest BCUT2D eigenvalue weighted by molar-refractivity contribution is 7.22. The summed E-state index contributed by atoms with van der Waals surface area (Å²) in [7, 11) is 0. The number of aryl methyl sites for hydroxylation is 2. The highest BCUT2D eigenvalue weighted by Crippen LogP contribution is 2.26. The Bertz CT molecular complexity index is 701. The Kier molecular flexibility index (Phi) is 3.17. The lowest BCUT2D eigenvalue weighted by molar-refractivity contribution is 1.08. The van der Waals surface area contributed by atoms with Crippen LogP contribution in [0.25, 0.3) is 10.2 Å². The number of anilines is 1. The molecule has 1 aromatic carbocycles. The molecule has 0 atom stereocenters. The van der Waals surface area contributed by atoms with Gasteiger partial charge in [0.15, 0.2) is 5.13 Å². The summed E-state index contributed by atoms with van der Waals surface area (Å²) in [6.07, 6.45) is 1.90. The van der Waals surface area contributed by atoms with Crippen LogP contribution in [0.15, 0.2) is 36.5 Å². The van der Waals surface area contributed by atoms with Crippen LogP contribution in [-0.2, 0) is 6.54 Å². The molecule has 19 heavy (non-hydrogen) atoms. The zero-order valence-electron chi connectivity index (χ0n) is 11.0. The Balaban J connectivity index is 1.76. The van der Waals surface area contributed by atoms with Crippen molar-refractivity contribution in [2.45, 2.75) is 20.4 Å². The van der Waals surface area contributed by atoms with Crippen molar-refractivity contribution in [1.29, 1.82) is 0 Å². The molecule has 3 rings (SSSR count). The van der Waals surface area contributed by atoms with Crippen LogP contribution in [0.5, 0.6) is 0 Å². The second kappa shape index (κ2) is 4.97. The lowest BCUT2D eigenvalue weighted by atomic mass is 10.2. The van der Waals surface area contributed by atoms with E-state index in [-0.39, 0.29) is 0 Å². The van der Waals surface area contributed by atoms with E-state index >= 15 is 0 Å². The molecular weight excluding hydrogens is 254 g/mol. The van der Waals surface area contributed by atoms with Crippen LogP contribution in [0.2, 0.25) is 0 Å². The summed E-state index contributed by atoms with van der Waals surface area (Å²) in [5, 5.41) is 4.32. The number of rotatable bonds is 3. The normalized spacial score (nSPS) is 10.8. The van der Waals surface area contributed by atoms with Crippen molar-refractivity contribution in [3.8, 4) is 0 Å². The SMILES string of the molecule is Cc1ccc2nc(NCc3ccc(C)nc3)sc2c1. The Morgan fingerprint density at radius 2 is 2.05 bits per heavy atom. The third-order valence-corrected chi connectivity index (χ3v) is 3.94. The maximum atomic E-state index is 4.57. The standard InChI is InChI=1S/C15H15N3S/c1-10-3-6-13-14(7-10)19-15(18-13)17-9-12-5-4-11(2)16-8-12/h3-8H,9H2,1-2H3,(H,17,18). The van der Waals surface area contributed by atoms with Crippen molar-refractivity contribution in [3.05, 3.63) is 53.3 Å². The van der Waals surface area contributed by atoms with Crippen LogP contribution in [0.1, 0.15) is 16.8 Å². The first kappa shape index (κ1) is 12.1. The van der Waals surface area contributed by atoms with Crippen LogP contribution in [-0.4, -0.2) is 9.97 Å². The first-order chi connectivity index (χ1) is 9.20. The summed E-state index contributed by atoms with van der Waals surface area (Å²) in [6.45, 7) is 4.85. The van der Waals surface area contributed by atoms with Crippen LogP contribution in [0.4, 0.5) is 5.13 Å². The van der Waals surface area contributed by atoms with Crippen LogP contribution >= 0.6 is 11.3 Å². The first-order valence-corrected chi connectivity index (χ1v) is 7.05. The number of aromatic nitrogens is 2. The molecule has 3 aromatic rings. The molecule has 2 aromatic heterocycles. The van der Waals surface area contributed by atoms with Gasteiger partial charge in [0, 0.05) is 18.4 Å². The van der Waals surface area contributed by atoms with Gasteiger partial charge in [0.1, 0.15) is 0 Å². The maximum Gasteiger partial charge on any atom is 0.184 e. The Labute approximate surface area is 116 Å². The third kappa shape index (κ3) is 2.74. The van der Waals surface area contributed by atoms with Crippen molar-refractivity contribution in [2.24, 2.45) is 0 Å². The van der Waals surface area contributed by atoms with Crippen molar-refractivity contribution in [3.63, 3.8) is 0 Å². The Morgan fingerprint density at radius 3 is 2.84 bits per heavy atom. The molecule has 0 bridgehead atoms. The minimum atomic E-state index is 0.756. The van der Waals surface area contributed by atoms with Gasteiger partial charge in [-0.1, -0.05) is 23.5 Å². The third-order valence-electron chi connectivity index (χ3n) is 2.96. The van der Waals surface area contributed by atoms with Gasteiger partial charge in [-0.15, -0.1) is 0 Å². The molecule has 0 aliphatic carbocycles. The number of pyridine rings is 1. The number of thiazole rings is 1. The lowest BCUT2D eigenvalue weighted by Crippen LogP contribution is -1.99. The van der Waals surface area contributed by atoms with E-state index in [0.717, 1.165) is 22.9 Å². The van der Waals surface area contributed by atoms with E-state index in [2.05, 4.69) is 46.5 Å². The van der Waals surface area contributed by atoms with Gasteiger partial charge in [-0.25, -0.2) is 4.98 Å².